The van der Waals surface area contributed by atoms with Crippen LogP contribution in [-0.4, -0.2) is 24.7 Å². The Morgan fingerprint density at radius 2 is 2.07 bits per heavy atom. The number of pyridine rings is 1. The molecular weight excluding hydrogens is 376 g/mol. The van der Waals surface area contributed by atoms with Crippen molar-refractivity contribution in [3.05, 3.63) is 69.2 Å². The minimum atomic E-state index is -0.296. The molecule has 0 fully saturated rings. The highest BCUT2D eigenvalue weighted by Crippen LogP contribution is 2.24. The van der Waals surface area contributed by atoms with Crippen LogP contribution in [-0.2, 0) is 7.05 Å². The van der Waals surface area contributed by atoms with Gasteiger partial charge in [0.05, 0.1) is 33.7 Å². The molecule has 2 N–H and O–H groups in total. The predicted molar refractivity (Wildman–Crippen MR) is 111 cm³/mol. The average molecular weight is 395 g/mol. The molecule has 1 aromatic carbocycles. The Hall–Kier alpha value is -3.19. The standard InChI is InChI=1S/C20H19ClN6O/c1-11-9-17(27(3)26-11)16-7-8-22-20(24-16)23-12(2)14-10-13-5-4-6-15(21)18(13)25-19(14)28/h4-10,12H,1-3H3,(H,25,28)(H,22,23,24)/t12-/m0/s1. The van der Waals surface area contributed by atoms with Gasteiger partial charge in [0.15, 0.2) is 0 Å². The van der Waals surface area contributed by atoms with E-state index in [1.807, 2.05) is 51.2 Å². The number of anilines is 1. The van der Waals surface area contributed by atoms with Crippen molar-refractivity contribution in [3.63, 3.8) is 0 Å². The first kappa shape index (κ1) is 18.2. The third-order valence-electron chi connectivity index (χ3n) is 4.59. The number of H-pyrrole nitrogens is 1. The van der Waals surface area contributed by atoms with Gasteiger partial charge in [-0.2, -0.15) is 5.10 Å². The van der Waals surface area contributed by atoms with Gasteiger partial charge in [-0.05, 0) is 38.1 Å². The molecule has 28 heavy (non-hydrogen) atoms. The van der Waals surface area contributed by atoms with E-state index in [-0.39, 0.29) is 11.6 Å². The number of nitrogens with zero attached hydrogens (tertiary/aromatic N) is 4. The summed E-state index contributed by atoms with van der Waals surface area (Å²) in [5.74, 6) is 0.439. The third kappa shape index (κ3) is 3.36. The highest BCUT2D eigenvalue weighted by atomic mass is 35.5. The van der Waals surface area contributed by atoms with Gasteiger partial charge in [0.25, 0.3) is 5.56 Å². The number of aromatic nitrogens is 5. The molecule has 0 bridgehead atoms. The normalized spacial score (nSPS) is 12.3. The number of fused-ring (bicyclic) bond motifs is 1. The second-order valence-electron chi connectivity index (χ2n) is 6.68. The Labute approximate surface area is 166 Å². The van der Waals surface area contributed by atoms with E-state index < -0.39 is 0 Å². The molecule has 3 aromatic heterocycles. The van der Waals surface area contributed by atoms with Crippen LogP contribution in [0.3, 0.4) is 0 Å². The number of nitrogens with one attached hydrogen (secondary N) is 2. The first-order valence-electron chi connectivity index (χ1n) is 8.84. The molecule has 0 aliphatic heterocycles. The summed E-state index contributed by atoms with van der Waals surface area (Å²) in [7, 11) is 1.87. The molecule has 0 unspecified atom stereocenters. The van der Waals surface area contributed by atoms with Crippen molar-refractivity contribution in [2.24, 2.45) is 7.05 Å². The van der Waals surface area contributed by atoms with Crippen molar-refractivity contribution in [1.82, 2.24) is 24.7 Å². The maximum Gasteiger partial charge on any atom is 0.253 e. The molecule has 0 saturated carbocycles. The van der Waals surface area contributed by atoms with Crippen molar-refractivity contribution in [1.29, 1.82) is 0 Å². The molecule has 7 nitrogen and oxygen atoms in total. The van der Waals surface area contributed by atoms with E-state index in [0.717, 1.165) is 22.5 Å². The topological polar surface area (TPSA) is 88.5 Å². The predicted octanol–water partition coefficient (Wildman–Crippen LogP) is 3.85. The monoisotopic (exact) mass is 394 g/mol. The first-order chi connectivity index (χ1) is 13.4. The number of aryl methyl sites for hydroxylation is 2. The Morgan fingerprint density at radius 3 is 2.82 bits per heavy atom. The Morgan fingerprint density at radius 1 is 1.25 bits per heavy atom. The van der Waals surface area contributed by atoms with E-state index in [0.29, 0.717) is 22.1 Å². The molecule has 0 radical (unpaired) electrons. The molecule has 1 atom stereocenters. The van der Waals surface area contributed by atoms with Crippen LogP contribution in [0.2, 0.25) is 5.02 Å². The average Bonchev–Trinajstić information content (AvgIpc) is 3.00. The fourth-order valence-electron chi connectivity index (χ4n) is 3.23. The van der Waals surface area contributed by atoms with Crippen molar-refractivity contribution in [2.45, 2.75) is 19.9 Å². The van der Waals surface area contributed by atoms with Gasteiger partial charge in [0.2, 0.25) is 5.95 Å². The zero-order valence-electron chi connectivity index (χ0n) is 15.7. The summed E-state index contributed by atoms with van der Waals surface area (Å²) in [5, 5.41) is 8.95. The Kier molecular flexibility index (Phi) is 4.60. The zero-order chi connectivity index (χ0) is 19.8. The van der Waals surface area contributed by atoms with Crippen molar-refractivity contribution < 1.29 is 0 Å². The lowest BCUT2D eigenvalue weighted by Gasteiger charge is -2.15. The van der Waals surface area contributed by atoms with E-state index in [9.17, 15) is 4.79 Å². The van der Waals surface area contributed by atoms with Gasteiger partial charge in [0, 0.05) is 24.2 Å². The summed E-state index contributed by atoms with van der Waals surface area (Å²) in [4.78, 5) is 24.3. The van der Waals surface area contributed by atoms with Crippen LogP contribution in [0.1, 0.15) is 24.2 Å². The van der Waals surface area contributed by atoms with Gasteiger partial charge in [-0.3, -0.25) is 9.48 Å². The number of hydrogen-bond acceptors (Lipinski definition) is 5. The molecule has 0 spiro atoms. The lowest BCUT2D eigenvalue weighted by molar-refractivity contribution is 0.761. The number of para-hydroxylation sites is 1. The zero-order valence-corrected chi connectivity index (χ0v) is 16.4. The van der Waals surface area contributed by atoms with Crippen LogP contribution in [0.15, 0.2) is 47.4 Å². The molecule has 3 heterocycles. The highest BCUT2D eigenvalue weighted by molar-refractivity contribution is 6.35. The molecule has 4 rings (SSSR count). The largest absolute Gasteiger partial charge is 0.347 e. The molecule has 0 aliphatic rings. The number of rotatable bonds is 4. The molecule has 8 heteroatoms. The van der Waals surface area contributed by atoms with E-state index >= 15 is 0 Å². The van der Waals surface area contributed by atoms with E-state index in [2.05, 4.69) is 25.4 Å². The highest BCUT2D eigenvalue weighted by Gasteiger charge is 2.14. The smallest absolute Gasteiger partial charge is 0.253 e. The lowest BCUT2D eigenvalue weighted by Crippen LogP contribution is -2.20. The van der Waals surface area contributed by atoms with Crippen LogP contribution in [0.25, 0.3) is 22.3 Å². The molecular formula is C20H19ClN6O. The minimum Gasteiger partial charge on any atom is -0.347 e. The number of aromatic amines is 1. The lowest BCUT2D eigenvalue weighted by atomic mass is 10.1. The summed E-state index contributed by atoms with van der Waals surface area (Å²) in [6.07, 6.45) is 1.68. The summed E-state index contributed by atoms with van der Waals surface area (Å²) in [5.41, 5.74) is 3.59. The fraction of sp³-hybridized carbons (Fsp3) is 0.200. The van der Waals surface area contributed by atoms with Crippen molar-refractivity contribution in [3.8, 4) is 11.4 Å². The van der Waals surface area contributed by atoms with Crippen LogP contribution in [0.4, 0.5) is 5.95 Å². The summed E-state index contributed by atoms with van der Waals surface area (Å²) in [6, 6.07) is 10.9. The maximum atomic E-state index is 12.5. The SMILES string of the molecule is Cc1cc(-c2ccnc(N[C@@H](C)c3cc4cccc(Cl)c4[nH]c3=O)n2)n(C)n1. The van der Waals surface area contributed by atoms with Gasteiger partial charge >= 0.3 is 0 Å². The number of hydrogen-bond donors (Lipinski definition) is 2. The van der Waals surface area contributed by atoms with Crippen LogP contribution in [0.5, 0.6) is 0 Å². The Balaban J connectivity index is 1.66. The van der Waals surface area contributed by atoms with E-state index in [1.54, 1.807) is 16.9 Å². The minimum absolute atomic E-state index is 0.195. The van der Waals surface area contributed by atoms with Gasteiger partial charge in [0.1, 0.15) is 0 Å². The van der Waals surface area contributed by atoms with Crippen molar-refractivity contribution >= 4 is 28.5 Å². The molecule has 0 saturated heterocycles. The Bertz CT molecular complexity index is 1230. The summed E-state index contributed by atoms with van der Waals surface area (Å²) < 4.78 is 1.78. The van der Waals surface area contributed by atoms with Gasteiger partial charge in [-0.1, -0.05) is 23.7 Å². The number of benzene rings is 1. The van der Waals surface area contributed by atoms with E-state index in [1.165, 1.54) is 0 Å². The van der Waals surface area contributed by atoms with Gasteiger partial charge in [-0.25, -0.2) is 9.97 Å². The molecule has 0 amide bonds. The molecule has 4 aromatic rings. The second kappa shape index (κ2) is 7.09. The maximum absolute atomic E-state index is 12.5. The summed E-state index contributed by atoms with van der Waals surface area (Å²) >= 11 is 6.17. The molecule has 142 valence electrons. The second-order valence-corrected chi connectivity index (χ2v) is 7.09. The van der Waals surface area contributed by atoms with Gasteiger partial charge in [-0.15, -0.1) is 0 Å². The van der Waals surface area contributed by atoms with Crippen molar-refractivity contribution in [2.75, 3.05) is 5.32 Å². The fourth-order valence-corrected chi connectivity index (χ4v) is 3.46. The first-order valence-corrected chi connectivity index (χ1v) is 9.22. The van der Waals surface area contributed by atoms with Crippen LogP contribution >= 0.6 is 11.6 Å². The van der Waals surface area contributed by atoms with Crippen LogP contribution < -0.4 is 10.9 Å². The van der Waals surface area contributed by atoms with Gasteiger partial charge < -0.3 is 10.3 Å². The van der Waals surface area contributed by atoms with E-state index in [4.69, 9.17) is 11.6 Å². The number of halogens is 1. The van der Waals surface area contributed by atoms with Crippen LogP contribution in [0, 0.1) is 6.92 Å². The quantitative estimate of drug-likeness (QED) is 0.548. The molecule has 0 aliphatic carbocycles. The third-order valence-corrected chi connectivity index (χ3v) is 4.90. The summed E-state index contributed by atoms with van der Waals surface area (Å²) in [6.45, 7) is 3.83.